The van der Waals surface area contributed by atoms with Gasteiger partial charge in [-0.25, -0.2) is 9.97 Å². The average Bonchev–Trinajstić information content (AvgIpc) is 2.90. The molecule has 0 saturated carbocycles. The molecule has 2 aromatic heterocycles. The van der Waals surface area contributed by atoms with Gasteiger partial charge in [-0.05, 0) is 6.07 Å². The summed E-state index contributed by atoms with van der Waals surface area (Å²) in [5, 5.41) is 11.1. The van der Waals surface area contributed by atoms with Crippen LogP contribution in [0.4, 0.5) is 5.95 Å². The van der Waals surface area contributed by atoms with Crippen LogP contribution in [0.2, 0.25) is 0 Å². The molecule has 0 bridgehead atoms. The third kappa shape index (κ3) is 1.53. The van der Waals surface area contributed by atoms with E-state index in [1.165, 1.54) is 0 Å². The number of aromatic nitrogens is 5. The lowest BCUT2D eigenvalue weighted by molar-refractivity contribution is 0.419. The van der Waals surface area contributed by atoms with E-state index in [-0.39, 0.29) is 5.95 Å². The van der Waals surface area contributed by atoms with Crippen LogP contribution in [-0.2, 0) is 0 Å². The number of aromatic amines is 1. The summed E-state index contributed by atoms with van der Waals surface area (Å²) < 4.78 is 5.27. The van der Waals surface area contributed by atoms with Crippen LogP contribution in [-0.4, -0.2) is 32.5 Å². The first-order chi connectivity index (χ1) is 8.79. The summed E-state index contributed by atoms with van der Waals surface area (Å²) in [6, 6.07) is 5.58. The average molecular weight is 242 g/mol. The molecule has 0 saturated heterocycles. The molecule has 3 rings (SSSR count). The molecule has 2 heterocycles. The zero-order chi connectivity index (χ0) is 12.5. The molecule has 90 valence electrons. The Hall–Kier alpha value is -2.70. The van der Waals surface area contributed by atoms with Gasteiger partial charge in [0.05, 0.1) is 13.3 Å². The molecule has 0 radical (unpaired) electrons. The first kappa shape index (κ1) is 10.5. The van der Waals surface area contributed by atoms with E-state index in [2.05, 4.69) is 25.4 Å². The number of nitrogens with one attached hydrogen (secondary N) is 1. The van der Waals surface area contributed by atoms with Gasteiger partial charge in [0.1, 0.15) is 22.7 Å². The van der Waals surface area contributed by atoms with Gasteiger partial charge in [-0.1, -0.05) is 17.3 Å². The van der Waals surface area contributed by atoms with Crippen molar-refractivity contribution < 1.29 is 4.74 Å². The number of H-pyrrole nitrogens is 1. The lowest BCUT2D eigenvalue weighted by Crippen LogP contribution is -1.99. The summed E-state index contributed by atoms with van der Waals surface area (Å²) in [5.74, 6) is 0.816. The van der Waals surface area contributed by atoms with Crippen molar-refractivity contribution in [3.8, 4) is 17.1 Å². The Balaban J connectivity index is 2.39. The second kappa shape index (κ2) is 3.95. The number of anilines is 1. The van der Waals surface area contributed by atoms with E-state index in [4.69, 9.17) is 10.5 Å². The van der Waals surface area contributed by atoms with Gasteiger partial charge in [0, 0.05) is 5.39 Å². The number of nitrogens with zero attached hydrogens (tertiary/aromatic N) is 4. The second-order valence-electron chi connectivity index (χ2n) is 3.65. The minimum Gasteiger partial charge on any atom is -0.494 e. The molecule has 0 amide bonds. The van der Waals surface area contributed by atoms with Crippen molar-refractivity contribution in [2.75, 3.05) is 12.8 Å². The van der Waals surface area contributed by atoms with Gasteiger partial charge in [-0.15, -0.1) is 5.10 Å². The highest BCUT2D eigenvalue weighted by atomic mass is 16.5. The highest BCUT2D eigenvalue weighted by Gasteiger charge is 2.13. The van der Waals surface area contributed by atoms with Crippen molar-refractivity contribution in [3.05, 3.63) is 24.4 Å². The summed E-state index contributed by atoms with van der Waals surface area (Å²) >= 11 is 0. The number of ether oxygens (including phenoxy) is 1. The van der Waals surface area contributed by atoms with Gasteiger partial charge in [0.25, 0.3) is 0 Å². The van der Waals surface area contributed by atoms with Gasteiger partial charge in [0.2, 0.25) is 5.95 Å². The molecule has 18 heavy (non-hydrogen) atoms. The Morgan fingerprint density at radius 3 is 2.89 bits per heavy atom. The summed E-state index contributed by atoms with van der Waals surface area (Å²) in [7, 11) is 1.59. The van der Waals surface area contributed by atoms with Crippen molar-refractivity contribution in [1.29, 1.82) is 0 Å². The van der Waals surface area contributed by atoms with Crippen LogP contribution in [0.1, 0.15) is 0 Å². The van der Waals surface area contributed by atoms with Crippen LogP contribution in [0.5, 0.6) is 5.75 Å². The maximum atomic E-state index is 5.72. The second-order valence-corrected chi connectivity index (χ2v) is 3.65. The minimum absolute atomic E-state index is 0.171. The summed E-state index contributed by atoms with van der Waals surface area (Å²) in [4.78, 5) is 8.41. The van der Waals surface area contributed by atoms with Crippen LogP contribution in [0.25, 0.3) is 22.3 Å². The zero-order valence-electron chi connectivity index (χ0n) is 9.58. The number of rotatable bonds is 2. The number of nitrogen functional groups attached to an aromatic ring is 1. The first-order valence-corrected chi connectivity index (χ1v) is 5.26. The van der Waals surface area contributed by atoms with Crippen molar-refractivity contribution in [1.82, 2.24) is 25.4 Å². The first-order valence-electron chi connectivity index (χ1n) is 5.26. The fourth-order valence-corrected chi connectivity index (χ4v) is 1.82. The zero-order valence-corrected chi connectivity index (χ0v) is 9.58. The molecule has 0 atom stereocenters. The lowest BCUT2D eigenvalue weighted by atomic mass is 10.1. The van der Waals surface area contributed by atoms with Crippen LogP contribution in [0.3, 0.4) is 0 Å². The van der Waals surface area contributed by atoms with Gasteiger partial charge in [-0.3, -0.25) is 5.10 Å². The Morgan fingerprint density at radius 1 is 1.28 bits per heavy atom. The number of hydrogen-bond donors (Lipinski definition) is 2. The van der Waals surface area contributed by atoms with Gasteiger partial charge >= 0.3 is 0 Å². The monoisotopic (exact) mass is 242 g/mol. The van der Waals surface area contributed by atoms with Gasteiger partial charge in [0.15, 0.2) is 0 Å². The highest BCUT2D eigenvalue weighted by molar-refractivity contribution is 5.95. The molecule has 0 unspecified atom stereocenters. The topological polar surface area (TPSA) is 103 Å². The number of nitrogens with two attached hydrogens (primary N) is 1. The molecular weight excluding hydrogens is 232 g/mol. The van der Waals surface area contributed by atoms with Crippen molar-refractivity contribution in [2.24, 2.45) is 0 Å². The Labute approximate surface area is 102 Å². The Kier molecular flexibility index (Phi) is 2.30. The number of benzene rings is 1. The SMILES string of the molecule is COc1cccc2c(-c3c[nH]nn3)nc(N)nc12. The molecule has 0 aliphatic heterocycles. The van der Waals surface area contributed by atoms with E-state index in [0.29, 0.717) is 22.7 Å². The van der Waals surface area contributed by atoms with Crippen LogP contribution < -0.4 is 10.5 Å². The summed E-state index contributed by atoms with van der Waals surface area (Å²) in [6.45, 7) is 0. The van der Waals surface area contributed by atoms with E-state index in [0.717, 1.165) is 5.39 Å². The van der Waals surface area contributed by atoms with Crippen LogP contribution >= 0.6 is 0 Å². The van der Waals surface area contributed by atoms with E-state index < -0.39 is 0 Å². The normalized spacial score (nSPS) is 10.7. The van der Waals surface area contributed by atoms with Crippen molar-refractivity contribution in [3.63, 3.8) is 0 Å². The van der Waals surface area contributed by atoms with Crippen LogP contribution in [0, 0.1) is 0 Å². The lowest BCUT2D eigenvalue weighted by Gasteiger charge is -2.07. The van der Waals surface area contributed by atoms with E-state index in [1.54, 1.807) is 13.3 Å². The fraction of sp³-hybridized carbons (Fsp3) is 0.0909. The molecule has 7 nitrogen and oxygen atoms in total. The predicted molar refractivity (Wildman–Crippen MR) is 65.9 cm³/mol. The number of methoxy groups -OCH3 is 1. The maximum Gasteiger partial charge on any atom is 0.221 e. The number of fused-ring (bicyclic) bond motifs is 1. The molecule has 0 spiro atoms. The third-order valence-electron chi connectivity index (χ3n) is 2.59. The Morgan fingerprint density at radius 2 is 2.17 bits per heavy atom. The summed E-state index contributed by atoms with van der Waals surface area (Å²) in [5.41, 5.74) is 7.62. The molecular formula is C11H10N6O. The smallest absolute Gasteiger partial charge is 0.221 e. The molecule has 7 heteroatoms. The largest absolute Gasteiger partial charge is 0.494 e. The molecule has 0 aliphatic carbocycles. The molecule has 1 aromatic carbocycles. The maximum absolute atomic E-state index is 5.72. The molecule has 0 fully saturated rings. The van der Waals surface area contributed by atoms with Crippen molar-refractivity contribution >= 4 is 16.9 Å². The third-order valence-corrected chi connectivity index (χ3v) is 2.59. The van der Waals surface area contributed by atoms with Gasteiger partial charge < -0.3 is 10.5 Å². The molecule has 0 aliphatic rings. The number of hydrogen-bond acceptors (Lipinski definition) is 6. The summed E-state index contributed by atoms with van der Waals surface area (Å²) in [6.07, 6.45) is 1.65. The van der Waals surface area contributed by atoms with Crippen LogP contribution in [0.15, 0.2) is 24.4 Å². The Bertz CT molecular complexity index is 694. The predicted octanol–water partition coefficient (Wildman–Crippen LogP) is 1.01. The quantitative estimate of drug-likeness (QED) is 0.695. The number of para-hydroxylation sites is 1. The van der Waals surface area contributed by atoms with E-state index in [1.807, 2.05) is 18.2 Å². The van der Waals surface area contributed by atoms with Gasteiger partial charge in [-0.2, -0.15) is 0 Å². The van der Waals surface area contributed by atoms with Crippen molar-refractivity contribution in [2.45, 2.75) is 0 Å². The standard InChI is InChI=1S/C11H10N6O/c1-18-8-4-2-3-6-9(7-5-13-17-16-7)14-11(12)15-10(6)8/h2-5H,1H3,(H2,12,14,15)(H,13,16,17). The minimum atomic E-state index is 0.171. The fourth-order valence-electron chi connectivity index (χ4n) is 1.82. The van der Waals surface area contributed by atoms with E-state index >= 15 is 0 Å². The van der Waals surface area contributed by atoms with E-state index in [9.17, 15) is 0 Å². The molecule has 3 N–H and O–H groups in total. The molecule has 3 aromatic rings. The highest BCUT2D eigenvalue weighted by Crippen LogP contribution is 2.30.